The molecule has 2 atom stereocenters. The molecule has 1 aromatic rings. The average Bonchev–Trinajstić information content (AvgIpc) is 3.27. The molecule has 0 bridgehead atoms. The number of thioether (sulfide) groups is 1. The predicted molar refractivity (Wildman–Crippen MR) is 95.9 cm³/mol. The van der Waals surface area contributed by atoms with Gasteiger partial charge in [0.05, 0.1) is 10.4 Å². The summed E-state index contributed by atoms with van der Waals surface area (Å²) in [6.07, 6.45) is 5.51. The van der Waals surface area contributed by atoms with Crippen molar-refractivity contribution in [2.75, 3.05) is 5.75 Å². The molecule has 130 valence electrons. The molecule has 5 nitrogen and oxygen atoms in total. The summed E-state index contributed by atoms with van der Waals surface area (Å²) in [7, 11) is 0. The Kier molecular flexibility index (Phi) is 3.91. The third kappa shape index (κ3) is 2.47. The number of aryl methyl sites for hydroxylation is 1. The molecule has 7 heteroatoms. The summed E-state index contributed by atoms with van der Waals surface area (Å²) in [4.78, 5) is 31.7. The molecular formula is C17H23N3O2S2. The second-order valence-electron chi connectivity index (χ2n) is 7.34. The number of nitrogens with zero attached hydrogens (tertiary/aromatic N) is 2. The first-order valence-electron chi connectivity index (χ1n) is 8.64. The number of hydrogen-bond donors (Lipinski definition) is 1. The summed E-state index contributed by atoms with van der Waals surface area (Å²) in [5, 5.41) is 6.39. The van der Waals surface area contributed by atoms with E-state index in [9.17, 15) is 9.59 Å². The van der Waals surface area contributed by atoms with E-state index in [4.69, 9.17) is 0 Å². The van der Waals surface area contributed by atoms with E-state index >= 15 is 0 Å². The molecule has 0 radical (unpaired) electrons. The number of nitrogens with one attached hydrogen (secondary N) is 1. The third-order valence-corrected chi connectivity index (χ3v) is 8.26. The van der Waals surface area contributed by atoms with Crippen LogP contribution in [0.2, 0.25) is 0 Å². The molecule has 0 spiro atoms. The number of fused-ring (bicyclic) bond motifs is 1. The van der Waals surface area contributed by atoms with Gasteiger partial charge in [-0.1, -0.05) is 12.8 Å². The van der Waals surface area contributed by atoms with Gasteiger partial charge in [0.25, 0.3) is 0 Å². The minimum absolute atomic E-state index is 0.00349. The van der Waals surface area contributed by atoms with E-state index in [0.717, 1.165) is 42.8 Å². The van der Waals surface area contributed by atoms with E-state index in [1.807, 2.05) is 17.2 Å². The van der Waals surface area contributed by atoms with Crippen LogP contribution in [-0.4, -0.2) is 38.4 Å². The largest absolute Gasteiger partial charge is 0.342 e. The van der Waals surface area contributed by atoms with Crippen molar-refractivity contribution in [3.05, 3.63) is 16.1 Å². The minimum atomic E-state index is -0.339. The molecule has 1 aromatic heterocycles. The Bertz CT molecular complexity index is 683. The van der Waals surface area contributed by atoms with E-state index in [0.29, 0.717) is 12.2 Å². The Morgan fingerprint density at radius 1 is 1.38 bits per heavy atom. The van der Waals surface area contributed by atoms with Crippen molar-refractivity contribution in [3.8, 4) is 0 Å². The maximum atomic E-state index is 13.1. The number of thiazole rings is 1. The normalized spacial score (nSPS) is 31.5. The van der Waals surface area contributed by atoms with Crippen molar-refractivity contribution in [1.29, 1.82) is 0 Å². The first-order chi connectivity index (χ1) is 11.4. The van der Waals surface area contributed by atoms with E-state index in [1.54, 1.807) is 23.1 Å². The van der Waals surface area contributed by atoms with Gasteiger partial charge in [-0.25, -0.2) is 4.98 Å². The van der Waals surface area contributed by atoms with Crippen molar-refractivity contribution in [3.63, 3.8) is 0 Å². The van der Waals surface area contributed by atoms with Crippen LogP contribution in [-0.2, 0) is 15.1 Å². The van der Waals surface area contributed by atoms with Crippen LogP contribution in [0.15, 0.2) is 5.38 Å². The highest BCUT2D eigenvalue weighted by atomic mass is 32.2. The highest BCUT2D eigenvalue weighted by Crippen LogP contribution is 2.48. The Balaban J connectivity index is 1.57. The van der Waals surface area contributed by atoms with E-state index in [-0.39, 0.29) is 28.3 Å². The summed E-state index contributed by atoms with van der Waals surface area (Å²) in [6, 6.07) is -0.339. The number of carbonyl (C=O) groups excluding carboxylic acids is 2. The van der Waals surface area contributed by atoms with Gasteiger partial charge < -0.3 is 10.2 Å². The highest BCUT2D eigenvalue weighted by Gasteiger charge is 2.54. The van der Waals surface area contributed by atoms with Gasteiger partial charge in [-0.05, 0) is 33.1 Å². The molecule has 2 saturated heterocycles. The maximum absolute atomic E-state index is 13.1. The van der Waals surface area contributed by atoms with Crippen molar-refractivity contribution < 1.29 is 9.59 Å². The number of hydrogen-bond acceptors (Lipinski definition) is 5. The van der Waals surface area contributed by atoms with Crippen LogP contribution in [0.25, 0.3) is 0 Å². The van der Waals surface area contributed by atoms with Gasteiger partial charge in [0.1, 0.15) is 11.0 Å². The Hall–Kier alpha value is -1.08. The van der Waals surface area contributed by atoms with Crippen LogP contribution in [0.5, 0.6) is 0 Å². The number of carbonyl (C=O) groups is 2. The van der Waals surface area contributed by atoms with Gasteiger partial charge in [-0.2, -0.15) is 0 Å². The van der Waals surface area contributed by atoms with Gasteiger partial charge in [0, 0.05) is 23.2 Å². The van der Waals surface area contributed by atoms with Crippen molar-refractivity contribution >= 4 is 34.9 Å². The van der Waals surface area contributed by atoms with Crippen LogP contribution >= 0.6 is 23.1 Å². The Morgan fingerprint density at radius 3 is 2.79 bits per heavy atom. The Labute approximate surface area is 150 Å². The molecular weight excluding hydrogens is 342 g/mol. The van der Waals surface area contributed by atoms with Gasteiger partial charge in [0.2, 0.25) is 11.8 Å². The summed E-state index contributed by atoms with van der Waals surface area (Å²) in [5.41, 5.74) is 0.678. The lowest BCUT2D eigenvalue weighted by Gasteiger charge is -2.33. The lowest BCUT2D eigenvalue weighted by Crippen LogP contribution is -2.54. The smallest absolute Gasteiger partial charge is 0.244 e. The summed E-state index contributed by atoms with van der Waals surface area (Å²) < 4.78 is 0. The van der Waals surface area contributed by atoms with Crippen LogP contribution in [0.4, 0.5) is 0 Å². The van der Waals surface area contributed by atoms with E-state index < -0.39 is 0 Å². The summed E-state index contributed by atoms with van der Waals surface area (Å²) >= 11 is 3.38. The molecule has 2 amide bonds. The first-order valence-corrected chi connectivity index (χ1v) is 10.5. The summed E-state index contributed by atoms with van der Waals surface area (Å²) in [6.45, 7) is 4.08. The first kappa shape index (κ1) is 16.4. The summed E-state index contributed by atoms with van der Waals surface area (Å²) in [5.74, 6) is 0.811. The number of rotatable bonds is 3. The lowest BCUT2D eigenvalue weighted by atomic mass is 9.97. The maximum Gasteiger partial charge on any atom is 0.244 e. The van der Waals surface area contributed by atoms with Gasteiger partial charge in [0.15, 0.2) is 0 Å². The fraction of sp³-hybridized carbons (Fsp3) is 0.706. The molecule has 4 rings (SSSR count). The van der Waals surface area contributed by atoms with Gasteiger partial charge in [-0.3, -0.25) is 9.59 Å². The molecule has 0 aromatic carbocycles. The molecule has 3 aliphatic rings. The molecule has 1 saturated carbocycles. The van der Waals surface area contributed by atoms with Crippen molar-refractivity contribution in [1.82, 2.24) is 15.2 Å². The zero-order valence-electron chi connectivity index (χ0n) is 14.1. The standard InChI is InChI=1S/C17H23N3O2S2/c1-11-9-23-15(18-11)17(6-3-4-7-17)19-14(22)12-10-24-16(2)8-5-13(21)20(12)16/h9,12H,3-8,10H2,1-2H3,(H,19,22). The zero-order chi connectivity index (χ0) is 16.9. The molecule has 24 heavy (non-hydrogen) atoms. The number of amides is 2. The number of aromatic nitrogens is 1. The lowest BCUT2D eigenvalue weighted by molar-refractivity contribution is -0.138. The minimum Gasteiger partial charge on any atom is -0.342 e. The molecule has 3 fully saturated rings. The van der Waals surface area contributed by atoms with Crippen LogP contribution < -0.4 is 5.32 Å². The molecule has 1 aliphatic carbocycles. The van der Waals surface area contributed by atoms with Crippen LogP contribution in [0, 0.1) is 6.92 Å². The topological polar surface area (TPSA) is 62.3 Å². The quantitative estimate of drug-likeness (QED) is 0.895. The van der Waals surface area contributed by atoms with Gasteiger partial charge in [-0.15, -0.1) is 23.1 Å². The third-order valence-electron chi connectivity index (χ3n) is 5.60. The fourth-order valence-electron chi connectivity index (χ4n) is 4.28. The predicted octanol–water partition coefficient (Wildman–Crippen LogP) is 2.79. The highest BCUT2D eigenvalue weighted by molar-refractivity contribution is 8.01. The van der Waals surface area contributed by atoms with Crippen molar-refractivity contribution in [2.45, 2.75) is 68.8 Å². The van der Waals surface area contributed by atoms with Crippen molar-refractivity contribution in [2.24, 2.45) is 0 Å². The second-order valence-corrected chi connectivity index (χ2v) is 9.70. The van der Waals surface area contributed by atoms with Gasteiger partial charge >= 0.3 is 0 Å². The van der Waals surface area contributed by atoms with Crippen LogP contribution in [0.3, 0.4) is 0 Å². The molecule has 1 N–H and O–H groups in total. The molecule has 2 aliphatic heterocycles. The molecule has 3 heterocycles. The Morgan fingerprint density at radius 2 is 2.12 bits per heavy atom. The van der Waals surface area contributed by atoms with Crippen LogP contribution in [0.1, 0.15) is 56.2 Å². The van der Waals surface area contributed by atoms with E-state index in [1.165, 1.54) is 0 Å². The SMILES string of the molecule is Cc1csc(C2(NC(=O)C3CSC4(C)CCC(=O)N34)CCCC2)n1. The van der Waals surface area contributed by atoms with E-state index in [2.05, 4.69) is 17.2 Å². The molecule has 2 unspecified atom stereocenters. The zero-order valence-corrected chi connectivity index (χ0v) is 15.8. The monoisotopic (exact) mass is 365 g/mol. The second kappa shape index (κ2) is 5.73. The fourth-order valence-corrected chi connectivity index (χ4v) is 6.72. The average molecular weight is 366 g/mol.